The van der Waals surface area contributed by atoms with Crippen LogP contribution < -0.4 is 10.5 Å². The summed E-state index contributed by atoms with van der Waals surface area (Å²) in [7, 11) is 0. The second kappa shape index (κ2) is 5.84. The Kier molecular flexibility index (Phi) is 4.18. The molecule has 2 aromatic rings. The van der Waals surface area contributed by atoms with E-state index in [9.17, 15) is 0 Å². The molecule has 3 heteroatoms. The molecule has 2 nitrogen and oxygen atoms in total. The zero-order valence-electron chi connectivity index (χ0n) is 9.40. The second-order valence-corrected chi connectivity index (χ2v) is 4.63. The first-order valence-electron chi connectivity index (χ1n) is 5.45. The van der Waals surface area contributed by atoms with E-state index in [0.717, 1.165) is 21.3 Å². The molecule has 0 atom stereocenters. The highest BCUT2D eigenvalue weighted by Crippen LogP contribution is 2.18. The van der Waals surface area contributed by atoms with Crippen molar-refractivity contribution < 1.29 is 4.74 Å². The summed E-state index contributed by atoms with van der Waals surface area (Å²) in [6.07, 6.45) is 0. The van der Waals surface area contributed by atoms with Crippen LogP contribution in [0.3, 0.4) is 0 Å². The summed E-state index contributed by atoms with van der Waals surface area (Å²) >= 11 is 3.39. The number of halogens is 1. The van der Waals surface area contributed by atoms with E-state index in [-0.39, 0.29) is 0 Å². The van der Waals surface area contributed by atoms with Crippen molar-refractivity contribution in [2.45, 2.75) is 13.2 Å². The van der Waals surface area contributed by atoms with Crippen LogP contribution in [0.25, 0.3) is 0 Å². The fourth-order valence-electron chi connectivity index (χ4n) is 1.59. The van der Waals surface area contributed by atoms with E-state index in [2.05, 4.69) is 15.9 Å². The van der Waals surface area contributed by atoms with Gasteiger partial charge in [-0.2, -0.15) is 0 Å². The highest BCUT2D eigenvalue weighted by Gasteiger charge is 2.01. The fraction of sp³-hybridized carbons (Fsp3) is 0.143. The fourth-order valence-corrected chi connectivity index (χ4v) is 1.85. The van der Waals surface area contributed by atoms with Gasteiger partial charge in [0, 0.05) is 11.0 Å². The van der Waals surface area contributed by atoms with Gasteiger partial charge in [0.2, 0.25) is 0 Å². The van der Waals surface area contributed by atoms with Gasteiger partial charge in [0.25, 0.3) is 0 Å². The van der Waals surface area contributed by atoms with Gasteiger partial charge in [-0.05, 0) is 35.4 Å². The minimum absolute atomic E-state index is 0.542. The molecule has 2 N–H and O–H groups in total. The Morgan fingerprint density at radius 3 is 2.24 bits per heavy atom. The van der Waals surface area contributed by atoms with Crippen molar-refractivity contribution in [3.63, 3.8) is 0 Å². The van der Waals surface area contributed by atoms with Gasteiger partial charge in [0.15, 0.2) is 0 Å². The Balaban J connectivity index is 2.04. The summed E-state index contributed by atoms with van der Waals surface area (Å²) in [5.74, 6) is 0.861. The minimum Gasteiger partial charge on any atom is -0.489 e. The lowest BCUT2D eigenvalue weighted by atomic mass is 10.1. The average molecular weight is 292 g/mol. The monoisotopic (exact) mass is 291 g/mol. The third-order valence-electron chi connectivity index (χ3n) is 2.55. The molecule has 2 rings (SSSR count). The summed E-state index contributed by atoms with van der Waals surface area (Å²) < 4.78 is 6.76. The molecule has 0 aromatic heterocycles. The van der Waals surface area contributed by atoms with Gasteiger partial charge < -0.3 is 10.5 Å². The van der Waals surface area contributed by atoms with E-state index in [4.69, 9.17) is 10.5 Å². The predicted molar refractivity (Wildman–Crippen MR) is 72.8 cm³/mol. The third kappa shape index (κ3) is 3.32. The number of hydrogen-bond acceptors (Lipinski definition) is 2. The van der Waals surface area contributed by atoms with Gasteiger partial charge in [-0.15, -0.1) is 0 Å². The number of rotatable bonds is 4. The molecule has 0 radical (unpaired) electrons. The van der Waals surface area contributed by atoms with Crippen LogP contribution >= 0.6 is 15.9 Å². The van der Waals surface area contributed by atoms with E-state index >= 15 is 0 Å². The van der Waals surface area contributed by atoms with Crippen molar-refractivity contribution in [1.82, 2.24) is 0 Å². The van der Waals surface area contributed by atoms with Gasteiger partial charge >= 0.3 is 0 Å². The van der Waals surface area contributed by atoms with E-state index in [0.29, 0.717) is 13.2 Å². The molecule has 0 bridgehead atoms. The van der Waals surface area contributed by atoms with Crippen LogP contribution in [0.5, 0.6) is 5.75 Å². The Labute approximate surface area is 110 Å². The van der Waals surface area contributed by atoms with E-state index in [1.165, 1.54) is 0 Å². The third-order valence-corrected chi connectivity index (χ3v) is 3.07. The van der Waals surface area contributed by atoms with Crippen LogP contribution in [0.2, 0.25) is 0 Å². The highest BCUT2D eigenvalue weighted by atomic mass is 79.9. The van der Waals surface area contributed by atoms with Gasteiger partial charge in [0.1, 0.15) is 12.4 Å². The van der Waals surface area contributed by atoms with Crippen LogP contribution in [0.1, 0.15) is 11.1 Å². The number of nitrogens with two attached hydrogens (primary N) is 1. The zero-order chi connectivity index (χ0) is 12.1. The minimum atomic E-state index is 0.542. The van der Waals surface area contributed by atoms with Gasteiger partial charge in [-0.3, -0.25) is 0 Å². The SMILES string of the molecule is NCc1ccccc1COc1ccc(Br)cc1. The normalized spacial score (nSPS) is 10.2. The zero-order valence-corrected chi connectivity index (χ0v) is 11.0. The van der Waals surface area contributed by atoms with Gasteiger partial charge in [0.05, 0.1) is 0 Å². The van der Waals surface area contributed by atoms with E-state index < -0.39 is 0 Å². The Bertz CT molecular complexity index is 482. The lowest BCUT2D eigenvalue weighted by molar-refractivity contribution is 0.305. The maximum Gasteiger partial charge on any atom is 0.119 e. The van der Waals surface area contributed by atoms with Crippen molar-refractivity contribution in [2.75, 3.05) is 0 Å². The van der Waals surface area contributed by atoms with E-state index in [1.54, 1.807) is 0 Å². The second-order valence-electron chi connectivity index (χ2n) is 3.72. The van der Waals surface area contributed by atoms with Crippen molar-refractivity contribution in [3.05, 3.63) is 64.1 Å². The molecule has 0 saturated carbocycles. The summed E-state index contributed by atoms with van der Waals surface area (Å²) in [5.41, 5.74) is 7.94. The maximum absolute atomic E-state index is 5.71. The van der Waals surface area contributed by atoms with Crippen molar-refractivity contribution in [2.24, 2.45) is 5.73 Å². The first kappa shape index (κ1) is 12.1. The summed E-state index contributed by atoms with van der Waals surface area (Å²) in [4.78, 5) is 0. The number of hydrogen-bond donors (Lipinski definition) is 1. The molecule has 0 aliphatic rings. The summed E-state index contributed by atoms with van der Waals surface area (Å²) in [6, 6.07) is 15.9. The molecule has 17 heavy (non-hydrogen) atoms. The topological polar surface area (TPSA) is 35.2 Å². The molecule has 0 amide bonds. The number of ether oxygens (including phenoxy) is 1. The van der Waals surface area contributed by atoms with E-state index in [1.807, 2.05) is 48.5 Å². The van der Waals surface area contributed by atoms with Gasteiger partial charge in [-0.1, -0.05) is 40.2 Å². The van der Waals surface area contributed by atoms with Crippen LogP contribution in [0, 0.1) is 0 Å². The standard InChI is InChI=1S/C14H14BrNO/c15-13-5-7-14(8-6-13)17-10-12-4-2-1-3-11(12)9-16/h1-8H,9-10,16H2. The van der Waals surface area contributed by atoms with Crippen molar-refractivity contribution >= 4 is 15.9 Å². The van der Waals surface area contributed by atoms with Crippen molar-refractivity contribution in [1.29, 1.82) is 0 Å². The molecule has 0 heterocycles. The quantitative estimate of drug-likeness (QED) is 0.936. The first-order valence-corrected chi connectivity index (χ1v) is 6.24. The Hall–Kier alpha value is -1.32. The molecule has 0 aliphatic heterocycles. The van der Waals surface area contributed by atoms with Crippen LogP contribution in [-0.4, -0.2) is 0 Å². The van der Waals surface area contributed by atoms with Crippen LogP contribution in [0.15, 0.2) is 53.0 Å². The first-order chi connectivity index (χ1) is 8.29. The van der Waals surface area contributed by atoms with Crippen LogP contribution in [-0.2, 0) is 13.2 Å². The summed E-state index contributed by atoms with van der Waals surface area (Å²) in [6.45, 7) is 1.09. The molecular formula is C14H14BrNO. The van der Waals surface area contributed by atoms with Gasteiger partial charge in [-0.25, -0.2) is 0 Å². The number of benzene rings is 2. The molecule has 0 spiro atoms. The highest BCUT2D eigenvalue weighted by molar-refractivity contribution is 9.10. The molecule has 0 unspecified atom stereocenters. The van der Waals surface area contributed by atoms with Crippen molar-refractivity contribution in [3.8, 4) is 5.75 Å². The largest absolute Gasteiger partial charge is 0.489 e. The average Bonchev–Trinajstić information content (AvgIpc) is 2.38. The smallest absolute Gasteiger partial charge is 0.119 e. The Morgan fingerprint density at radius 2 is 1.59 bits per heavy atom. The molecule has 0 saturated heterocycles. The summed E-state index contributed by atoms with van der Waals surface area (Å²) in [5, 5.41) is 0. The van der Waals surface area contributed by atoms with Crippen LogP contribution in [0.4, 0.5) is 0 Å². The predicted octanol–water partition coefficient (Wildman–Crippen LogP) is 3.49. The molecule has 0 aliphatic carbocycles. The molecule has 0 fully saturated rings. The maximum atomic E-state index is 5.71. The molecule has 2 aromatic carbocycles. The molecular weight excluding hydrogens is 278 g/mol. The Morgan fingerprint density at radius 1 is 0.941 bits per heavy atom. The molecule has 88 valence electrons. The lowest BCUT2D eigenvalue weighted by Gasteiger charge is -2.09. The lowest BCUT2D eigenvalue weighted by Crippen LogP contribution is -2.04.